The van der Waals surface area contributed by atoms with E-state index >= 15 is 0 Å². The minimum atomic E-state index is -0.00583. The summed E-state index contributed by atoms with van der Waals surface area (Å²) < 4.78 is 23.1. The molecule has 4 rings (SSSR count). The minimum Gasteiger partial charge on any atom is -0.497 e. The molecule has 0 bridgehead atoms. The number of nitrogens with zero attached hydrogens (tertiary/aromatic N) is 1. The van der Waals surface area contributed by atoms with E-state index in [2.05, 4.69) is 47.5 Å². The van der Waals surface area contributed by atoms with Crippen LogP contribution in [-0.2, 0) is 9.47 Å². The van der Waals surface area contributed by atoms with Gasteiger partial charge in [0.1, 0.15) is 18.1 Å². The van der Waals surface area contributed by atoms with Crippen molar-refractivity contribution < 1.29 is 18.9 Å². The zero-order valence-corrected chi connectivity index (χ0v) is 19.5. The van der Waals surface area contributed by atoms with E-state index < -0.39 is 0 Å². The van der Waals surface area contributed by atoms with Gasteiger partial charge >= 0.3 is 0 Å². The lowest BCUT2D eigenvalue weighted by atomic mass is 9.87. The second kappa shape index (κ2) is 11.0. The molecule has 0 aliphatic carbocycles. The van der Waals surface area contributed by atoms with Crippen LogP contribution in [0.15, 0.2) is 42.5 Å². The Morgan fingerprint density at radius 1 is 1.16 bits per heavy atom. The summed E-state index contributed by atoms with van der Waals surface area (Å²) in [6, 6.07) is 14.9. The number of benzene rings is 2. The fourth-order valence-electron chi connectivity index (χ4n) is 4.72. The van der Waals surface area contributed by atoms with Crippen molar-refractivity contribution in [2.24, 2.45) is 0 Å². The predicted molar refractivity (Wildman–Crippen MR) is 127 cm³/mol. The van der Waals surface area contributed by atoms with Gasteiger partial charge in [-0.25, -0.2) is 0 Å². The second-order valence-corrected chi connectivity index (χ2v) is 8.60. The van der Waals surface area contributed by atoms with Crippen molar-refractivity contribution in [2.75, 3.05) is 58.5 Å². The summed E-state index contributed by atoms with van der Waals surface area (Å²) in [6.07, 6.45) is 2.18. The van der Waals surface area contributed by atoms with Crippen molar-refractivity contribution >= 4 is 5.69 Å². The van der Waals surface area contributed by atoms with Crippen molar-refractivity contribution in [1.29, 1.82) is 0 Å². The first-order valence-corrected chi connectivity index (χ1v) is 11.7. The number of anilines is 1. The fraction of sp³-hybridized carbons (Fsp3) is 0.538. The Balaban J connectivity index is 1.47. The molecule has 0 aromatic heterocycles. The van der Waals surface area contributed by atoms with Gasteiger partial charge in [-0.3, -0.25) is 0 Å². The van der Waals surface area contributed by atoms with Gasteiger partial charge in [0.15, 0.2) is 0 Å². The van der Waals surface area contributed by atoms with Crippen LogP contribution in [0, 0.1) is 0 Å². The van der Waals surface area contributed by atoms with Crippen molar-refractivity contribution in [2.45, 2.75) is 37.9 Å². The highest BCUT2D eigenvalue weighted by molar-refractivity contribution is 5.61. The molecule has 0 spiro atoms. The Kier molecular flexibility index (Phi) is 7.90. The predicted octanol–water partition coefficient (Wildman–Crippen LogP) is 4.15. The van der Waals surface area contributed by atoms with Gasteiger partial charge in [0, 0.05) is 32.7 Å². The molecule has 6 nitrogen and oxygen atoms in total. The van der Waals surface area contributed by atoms with Gasteiger partial charge in [-0.05, 0) is 61.7 Å². The number of piperidine rings is 1. The fourth-order valence-corrected chi connectivity index (χ4v) is 4.72. The third-order valence-corrected chi connectivity index (χ3v) is 6.54. The summed E-state index contributed by atoms with van der Waals surface area (Å²) in [7, 11) is 3.46. The first-order chi connectivity index (χ1) is 15.7. The summed E-state index contributed by atoms with van der Waals surface area (Å²) in [5.41, 5.74) is 3.66. The van der Waals surface area contributed by atoms with E-state index in [-0.39, 0.29) is 12.2 Å². The lowest BCUT2D eigenvalue weighted by Gasteiger charge is -2.35. The first kappa shape index (κ1) is 22.9. The van der Waals surface area contributed by atoms with E-state index in [0.717, 1.165) is 69.4 Å². The van der Waals surface area contributed by atoms with E-state index in [1.165, 1.54) is 11.1 Å². The van der Waals surface area contributed by atoms with Gasteiger partial charge < -0.3 is 29.2 Å². The number of hydrogen-bond donors (Lipinski definition) is 1. The molecule has 2 aromatic carbocycles. The van der Waals surface area contributed by atoms with E-state index in [4.69, 9.17) is 18.9 Å². The average molecular weight is 441 g/mol. The molecule has 1 N–H and O–H groups in total. The highest BCUT2D eigenvalue weighted by Gasteiger charge is 2.29. The Morgan fingerprint density at radius 2 is 2.00 bits per heavy atom. The zero-order chi connectivity index (χ0) is 22.3. The number of nitrogens with one attached hydrogen (secondary N) is 1. The van der Waals surface area contributed by atoms with Gasteiger partial charge in [0.2, 0.25) is 0 Å². The molecular weight excluding hydrogens is 404 g/mol. The van der Waals surface area contributed by atoms with Crippen LogP contribution in [0.4, 0.5) is 5.69 Å². The smallest absolute Gasteiger partial charge is 0.142 e. The largest absolute Gasteiger partial charge is 0.497 e. The lowest BCUT2D eigenvalue weighted by molar-refractivity contribution is -0.0272. The number of hydrogen-bond acceptors (Lipinski definition) is 6. The topological polar surface area (TPSA) is 52.2 Å². The van der Waals surface area contributed by atoms with E-state index in [1.54, 1.807) is 14.2 Å². The van der Waals surface area contributed by atoms with E-state index in [9.17, 15) is 0 Å². The summed E-state index contributed by atoms with van der Waals surface area (Å²) in [5, 5.41) is 3.51. The number of methoxy groups -OCH3 is 2. The van der Waals surface area contributed by atoms with Gasteiger partial charge in [0.05, 0.1) is 31.5 Å². The van der Waals surface area contributed by atoms with Crippen LogP contribution in [0.3, 0.4) is 0 Å². The molecule has 0 saturated carbocycles. The molecule has 6 heteroatoms. The third kappa shape index (κ3) is 5.37. The van der Waals surface area contributed by atoms with Crippen molar-refractivity contribution in [1.82, 2.24) is 5.32 Å². The zero-order valence-electron chi connectivity index (χ0n) is 19.5. The maximum absolute atomic E-state index is 6.65. The lowest BCUT2D eigenvalue weighted by Crippen LogP contribution is -2.41. The van der Waals surface area contributed by atoms with Crippen LogP contribution in [0.2, 0.25) is 0 Å². The summed E-state index contributed by atoms with van der Waals surface area (Å²) in [5.74, 6) is 2.22. The molecule has 0 radical (unpaired) electrons. The van der Waals surface area contributed by atoms with E-state index in [0.29, 0.717) is 5.92 Å². The Labute approximate surface area is 191 Å². The summed E-state index contributed by atoms with van der Waals surface area (Å²) in [6.45, 7) is 7.39. The van der Waals surface area contributed by atoms with Crippen LogP contribution in [0.5, 0.6) is 11.5 Å². The molecule has 2 aliphatic rings. The van der Waals surface area contributed by atoms with Crippen LogP contribution in [0.25, 0.3) is 0 Å². The molecule has 1 saturated heterocycles. The molecule has 174 valence electrons. The van der Waals surface area contributed by atoms with Crippen LogP contribution >= 0.6 is 0 Å². The maximum atomic E-state index is 6.65. The first-order valence-electron chi connectivity index (χ1n) is 11.7. The maximum Gasteiger partial charge on any atom is 0.142 e. The minimum absolute atomic E-state index is 0.00583. The van der Waals surface area contributed by atoms with Crippen molar-refractivity contribution in [3.63, 3.8) is 0 Å². The van der Waals surface area contributed by atoms with Gasteiger partial charge in [0.25, 0.3) is 0 Å². The molecule has 32 heavy (non-hydrogen) atoms. The van der Waals surface area contributed by atoms with Gasteiger partial charge in [-0.1, -0.05) is 18.2 Å². The highest BCUT2D eigenvalue weighted by Crippen LogP contribution is 2.37. The second-order valence-electron chi connectivity index (χ2n) is 8.60. The monoisotopic (exact) mass is 440 g/mol. The molecule has 2 heterocycles. The van der Waals surface area contributed by atoms with Gasteiger partial charge in [-0.15, -0.1) is 0 Å². The summed E-state index contributed by atoms with van der Waals surface area (Å²) >= 11 is 0. The molecule has 2 aromatic rings. The Bertz CT molecular complexity index is 857. The standard InChI is InChI=1S/C26H36N2O4/c1-19(21-7-10-25-24(17-21)28(14-16-31-25)13-4-15-29-2)32-26-18-27-12-11-23(26)20-5-8-22(30-3)9-6-20/h5-10,17,19,23,26-27H,4,11-16,18H2,1-3H3/t19-,23+,26-/m0/s1. The quantitative estimate of drug-likeness (QED) is 0.591. The SMILES string of the molecule is COCCCN1CCOc2ccc([C@H](C)O[C@H]3CNCC[C@@H]3c3ccc(OC)cc3)cc21. The van der Waals surface area contributed by atoms with Crippen molar-refractivity contribution in [3.8, 4) is 11.5 Å². The molecule has 3 atom stereocenters. The Morgan fingerprint density at radius 3 is 2.78 bits per heavy atom. The van der Waals surface area contributed by atoms with Crippen LogP contribution in [0.1, 0.15) is 42.9 Å². The number of rotatable bonds is 9. The molecule has 2 aliphatic heterocycles. The molecule has 1 fully saturated rings. The number of fused-ring (bicyclic) bond motifs is 1. The average Bonchev–Trinajstić information content (AvgIpc) is 2.84. The highest BCUT2D eigenvalue weighted by atomic mass is 16.5. The number of ether oxygens (including phenoxy) is 4. The molecule has 0 unspecified atom stereocenters. The van der Waals surface area contributed by atoms with Crippen molar-refractivity contribution in [3.05, 3.63) is 53.6 Å². The molecular formula is C26H36N2O4. The Hall–Kier alpha value is -2.28. The molecule has 0 amide bonds. The third-order valence-electron chi connectivity index (χ3n) is 6.54. The van der Waals surface area contributed by atoms with Crippen LogP contribution < -0.4 is 19.7 Å². The van der Waals surface area contributed by atoms with Gasteiger partial charge in [-0.2, -0.15) is 0 Å². The normalized spacial score (nSPS) is 21.5. The summed E-state index contributed by atoms with van der Waals surface area (Å²) in [4.78, 5) is 2.40. The van der Waals surface area contributed by atoms with Crippen LogP contribution in [-0.4, -0.2) is 59.7 Å². The van der Waals surface area contributed by atoms with E-state index in [1.807, 2.05) is 12.1 Å².